The van der Waals surface area contributed by atoms with Crippen molar-refractivity contribution in [3.8, 4) is 5.75 Å². The molecule has 0 bridgehead atoms. The zero-order valence-electron chi connectivity index (χ0n) is 20.5. The zero-order valence-corrected chi connectivity index (χ0v) is 22.0. The summed E-state index contributed by atoms with van der Waals surface area (Å²) < 4.78 is 6.09. The van der Waals surface area contributed by atoms with Crippen LogP contribution in [0.3, 0.4) is 0 Å². The first-order valence-corrected chi connectivity index (χ1v) is 13.9. The van der Waals surface area contributed by atoms with Crippen molar-refractivity contribution in [3.05, 3.63) is 58.1 Å². The molecule has 184 valence electrons. The maximum absolute atomic E-state index is 6.26. The Bertz CT molecular complexity index is 765. The van der Waals surface area contributed by atoms with E-state index in [0.29, 0.717) is 16.6 Å². The van der Waals surface area contributed by atoms with Gasteiger partial charge in [-0.3, -0.25) is 0 Å². The molecule has 2 aromatic rings. The normalized spacial score (nSPS) is 11.0. The lowest BCUT2D eigenvalue weighted by Gasteiger charge is -2.14. The molecule has 0 atom stereocenters. The van der Waals surface area contributed by atoms with Crippen LogP contribution in [0.2, 0.25) is 10.0 Å². The summed E-state index contributed by atoms with van der Waals surface area (Å²) in [5, 5.41) is 4.71. The van der Waals surface area contributed by atoms with Gasteiger partial charge in [-0.2, -0.15) is 0 Å². The lowest BCUT2D eigenvalue weighted by molar-refractivity contribution is 0.301. The van der Waals surface area contributed by atoms with Crippen molar-refractivity contribution in [1.29, 1.82) is 0 Å². The SMILES string of the molecule is CCCCCCCCCCCCCCCCOc1ccccc1CNc1cc(Cl)ccc1Cl. The average Bonchev–Trinajstić information content (AvgIpc) is 2.82. The Labute approximate surface area is 212 Å². The molecule has 33 heavy (non-hydrogen) atoms. The van der Waals surface area contributed by atoms with Crippen LogP contribution in [-0.2, 0) is 6.54 Å². The van der Waals surface area contributed by atoms with E-state index in [-0.39, 0.29) is 0 Å². The lowest BCUT2D eigenvalue weighted by Crippen LogP contribution is -2.05. The zero-order chi connectivity index (χ0) is 23.6. The maximum Gasteiger partial charge on any atom is 0.124 e. The van der Waals surface area contributed by atoms with E-state index in [4.69, 9.17) is 27.9 Å². The predicted octanol–water partition coefficient (Wildman–Crippen LogP) is 10.5. The van der Waals surface area contributed by atoms with Crippen molar-refractivity contribution in [3.63, 3.8) is 0 Å². The van der Waals surface area contributed by atoms with Gasteiger partial charge in [-0.25, -0.2) is 0 Å². The topological polar surface area (TPSA) is 21.3 Å². The van der Waals surface area contributed by atoms with Gasteiger partial charge >= 0.3 is 0 Å². The van der Waals surface area contributed by atoms with Gasteiger partial charge in [0.15, 0.2) is 0 Å². The first-order chi connectivity index (χ1) is 16.2. The monoisotopic (exact) mass is 491 g/mol. The van der Waals surface area contributed by atoms with Gasteiger partial charge in [0.1, 0.15) is 5.75 Å². The van der Waals surface area contributed by atoms with Crippen LogP contribution >= 0.6 is 23.2 Å². The van der Waals surface area contributed by atoms with E-state index >= 15 is 0 Å². The van der Waals surface area contributed by atoms with Gasteiger partial charge < -0.3 is 10.1 Å². The fraction of sp³-hybridized carbons (Fsp3) is 0.586. The molecule has 0 fully saturated rings. The van der Waals surface area contributed by atoms with E-state index in [9.17, 15) is 0 Å². The fourth-order valence-electron chi connectivity index (χ4n) is 4.09. The third-order valence-electron chi connectivity index (χ3n) is 6.13. The number of benzene rings is 2. The highest BCUT2D eigenvalue weighted by molar-refractivity contribution is 6.35. The Morgan fingerprint density at radius 2 is 1.27 bits per heavy atom. The molecular weight excluding hydrogens is 449 g/mol. The van der Waals surface area contributed by atoms with Gasteiger partial charge in [-0.15, -0.1) is 0 Å². The van der Waals surface area contributed by atoms with E-state index in [0.717, 1.165) is 30.0 Å². The average molecular weight is 493 g/mol. The number of hydrogen-bond acceptors (Lipinski definition) is 2. The summed E-state index contributed by atoms with van der Waals surface area (Å²) >= 11 is 12.3. The molecular formula is C29H43Cl2NO. The van der Waals surface area contributed by atoms with Crippen molar-refractivity contribution in [1.82, 2.24) is 0 Å². The Morgan fingerprint density at radius 1 is 0.697 bits per heavy atom. The first kappa shape index (κ1) is 27.9. The van der Waals surface area contributed by atoms with Gasteiger partial charge in [-0.05, 0) is 30.7 Å². The summed E-state index contributed by atoms with van der Waals surface area (Å²) in [6.45, 7) is 3.70. The molecule has 1 N–H and O–H groups in total. The lowest BCUT2D eigenvalue weighted by atomic mass is 10.0. The smallest absolute Gasteiger partial charge is 0.124 e. The summed E-state index contributed by atoms with van der Waals surface area (Å²) in [4.78, 5) is 0. The molecule has 0 unspecified atom stereocenters. The Kier molecular flexibility index (Phi) is 15.2. The Morgan fingerprint density at radius 3 is 1.91 bits per heavy atom. The fourth-order valence-corrected chi connectivity index (χ4v) is 4.45. The van der Waals surface area contributed by atoms with E-state index in [1.807, 2.05) is 30.3 Å². The molecule has 0 aromatic heterocycles. The summed E-state index contributed by atoms with van der Waals surface area (Å²) in [5.41, 5.74) is 1.96. The van der Waals surface area contributed by atoms with Crippen LogP contribution in [0.25, 0.3) is 0 Å². The Balaban J connectivity index is 1.51. The van der Waals surface area contributed by atoms with Crippen LogP contribution < -0.4 is 10.1 Å². The number of nitrogens with one attached hydrogen (secondary N) is 1. The van der Waals surface area contributed by atoms with Crippen molar-refractivity contribution in [2.75, 3.05) is 11.9 Å². The third kappa shape index (κ3) is 12.6. The molecule has 0 aliphatic carbocycles. The molecule has 0 heterocycles. The van der Waals surface area contributed by atoms with E-state index in [1.54, 1.807) is 6.07 Å². The van der Waals surface area contributed by atoms with Crippen molar-refractivity contribution >= 4 is 28.9 Å². The summed E-state index contributed by atoms with van der Waals surface area (Å²) in [6, 6.07) is 13.6. The number of rotatable bonds is 19. The molecule has 2 rings (SSSR count). The van der Waals surface area contributed by atoms with Crippen LogP contribution in [0.15, 0.2) is 42.5 Å². The number of halogens is 2. The van der Waals surface area contributed by atoms with Crippen LogP contribution in [0, 0.1) is 0 Å². The standard InChI is InChI=1S/C29H43Cl2NO/c1-2-3-4-5-6-7-8-9-10-11-12-13-14-17-22-33-29-19-16-15-18-25(29)24-32-28-23-26(30)20-21-27(28)31/h15-16,18-21,23,32H,2-14,17,22,24H2,1H3. The molecule has 4 heteroatoms. The number of para-hydroxylation sites is 1. The summed E-state index contributed by atoms with van der Waals surface area (Å²) in [7, 11) is 0. The highest BCUT2D eigenvalue weighted by Crippen LogP contribution is 2.27. The van der Waals surface area contributed by atoms with Crippen molar-refractivity contribution < 1.29 is 4.74 Å². The second kappa shape index (κ2) is 18.0. The quantitative estimate of drug-likeness (QED) is 0.197. The van der Waals surface area contributed by atoms with Crippen molar-refractivity contribution in [2.24, 2.45) is 0 Å². The Hall–Kier alpha value is -1.38. The molecule has 0 spiro atoms. The van der Waals surface area contributed by atoms with Gasteiger partial charge in [0.05, 0.1) is 17.3 Å². The minimum Gasteiger partial charge on any atom is -0.493 e. The third-order valence-corrected chi connectivity index (χ3v) is 6.69. The molecule has 0 amide bonds. The van der Waals surface area contributed by atoms with E-state index < -0.39 is 0 Å². The van der Waals surface area contributed by atoms with Crippen LogP contribution in [0.5, 0.6) is 5.75 Å². The van der Waals surface area contributed by atoms with Gasteiger partial charge in [0.2, 0.25) is 0 Å². The minimum atomic E-state index is 0.648. The van der Waals surface area contributed by atoms with Gasteiger partial charge in [-0.1, -0.05) is 132 Å². The van der Waals surface area contributed by atoms with Crippen LogP contribution in [-0.4, -0.2) is 6.61 Å². The molecule has 0 saturated heterocycles. The minimum absolute atomic E-state index is 0.648. The van der Waals surface area contributed by atoms with Crippen LogP contribution in [0.1, 0.15) is 102 Å². The predicted molar refractivity (Wildman–Crippen MR) is 146 cm³/mol. The summed E-state index contributed by atoms with van der Waals surface area (Å²) in [5.74, 6) is 0.942. The molecule has 0 radical (unpaired) electrons. The number of ether oxygens (including phenoxy) is 1. The number of hydrogen-bond donors (Lipinski definition) is 1. The largest absolute Gasteiger partial charge is 0.493 e. The van der Waals surface area contributed by atoms with Crippen molar-refractivity contribution in [2.45, 2.75) is 103 Å². The molecule has 0 aliphatic heterocycles. The number of anilines is 1. The first-order valence-electron chi connectivity index (χ1n) is 13.1. The second-order valence-electron chi connectivity index (χ2n) is 9.03. The maximum atomic E-state index is 6.26. The number of unbranched alkanes of at least 4 members (excludes halogenated alkanes) is 13. The molecule has 2 nitrogen and oxygen atoms in total. The summed E-state index contributed by atoms with van der Waals surface area (Å²) in [6.07, 6.45) is 19.2. The molecule has 0 aliphatic rings. The second-order valence-corrected chi connectivity index (χ2v) is 9.87. The highest BCUT2D eigenvalue weighted by Gasteiger charge is 2.06. The van der Waals surface area contributed by atoms with E-state index in [1.165, 1.54) is 83.5 Å². The molecule has 0 saturated carbocycles. The van der Waals surface area contributed by atoms with Gasteiger partial charge in [0.25, 0.3) is 0 Å². The van der Waals surface area contributed by atoms with E-state index in [2.05, 4.69) is 18.3 Å². The highest BCUT2D eigenvalue weighted by atomic mass is 35.5. The molecule has 2 aromatic carbocycles. The van der Waals surface area contributed by atoms with Crippen LogP contribution in [0.4, 0.5) is 5.69 Å². The van der Waals surface area contributed by atoms with Gasteiger partial charge in [0, 0.05) is 17.1 Å².